The highest BCUT2D eigenvalue weighted by Crippen LogP contribution is 2.41. The number of imide groups is 1. The first-order valence-electron chi connectivity index (χ1n) is 9.03. The van der Waals surface area contributed by atoms with Crippen molar-refractivity contribution in [1.29, 1.82) is 5.26 Å². The number of hydrogen-bond acceptors (Lipinski definition) is 5. The first-order chi connectivity index (χ1) is 13.5. The van der Waals surface area contributed by atoms with E-state index in [0.717, 1.165) is 10.5 Å². The molecule has 2 atom stereocenters. The molecule has 1 heterocycles. The summed E-state index contributed by atoms with van der Waals surface area (Å²) in [5, 5.41) is 10.1. The molecule has 0 unspecified atom stereocenters. The van der Waals surface area contributed by atoms with Gasteiger partial charge in [-0.25, -0.2) is 4.79 Å². The van der Waals surface area contributed by atoms with Crippen LogP contribution in [0.4, 0.5) is 5.69 Å². The Morgan fingerprint density at radius 2 is 1.82 bits per heavy atom. The molecule has 0 bridgehead atoms. The third-order valence-corrected chi connectivity index (χ3v) is 4.96. The number of nitriles is 1. The number of hydrogen-bond donors (Lipinski definition) is 0. The van der Waals surface area contributed by atoms with Crippen LogP contribution < -0.4 is 4.90 Å². The SMILES string of the molecule is CCOC(=O)[C@@](C#N)(c1ccccc1)[C@@H]1CC(=O)N(c2ccc(C)cc2)C1=O. The summed E-state index contributed by atoms with van der Waals surface area (Å²) in [6.07, 6.45) is -0.242. The largest absolute Gasteiger partial charge is 0.465 e. The molecular formula is C22H20N2O4. The van der Waals surface area contributed by atoms with Crippen molar-refractivity contribution in [3.8, 4) is 6.07 Å². The van der Waals surface area contributed by atoms with E-state index in [0.29, 0.717) is 11.3 Å². The van der Waals surface area contributed by atoms with Crippen molar-refractivity contribution >= 4 is 23.5 Å². The van der Waals surface area contributed by atoms with Crippen LogP contribution in [0.25, 0.3) is 0 Å². The minimum atomic E-state index is -1.89. The van der Waals surface area contributed by atoms with Crippen LogP contribution in [-0.4, -0.2) is 24.4 Å². The van der Waals surface area contributed by atoms with Crippen molar-refractivity contribution in [2.75, 3.05) is 11.5 Å². The van der Waals surface area contributed by atoms with E-state index in [-0.39, 0.29) is 13.0 Å². The van der Waals surface area contributed by atoms with Gasteiger partial charge in [-0.2, -0.15) is 5.26 Å². The summed E-state index contributed by atoms with van der Waals surface area (Å²) in [6, 6.07) is 17.3. The molecule has 6 nitrogen and oxygen atoms in total. The maximum absolute atomic E-state index is 13.2. The van der Waals surface area contributed by atoms with E-state index in [1.165, 1.54) is 0 Å². The van der Waals surface area contributed by atoms with Crippen molar-refractivity contribution in [3.05, 3.63) is 65.7 Å². The molecule has 1 fully saturated rings. The molecule has 6 heteroatoms. The fourth-order valence-corrected chi connectivity index (χ4v) is 3.53. The molecule has 2 aromatic rings. The second-order valence-corrected chi connectivity index (χ2v) is 6.67. The summed E-state index contributed by atoms with van der Waals surface area (Å²) >= 11 is 0. The molecule has 1 aliphatic rings. The highest BCUT2D eigenvalue weighted by molar-refractivity contribution is 6.22. The van der Waals surface area contributed by atoms with Crippen LogP contribution in [0.3, 0.4) is 0 Å². The van der Waals surface area contributed by atoms with Crippen molar-refractivity contribution in [1.82, 2.24) is 0 Å². The number of nitrogens with zero attached hydrogens (tertiary/aromatic N) is 2. The number of ether oxygens (including phenoxy) is 1. The summed E-state index contributed by atoms with van der Waals surface area (Å²) < 4.78 is 5.16. The van der Waals surface area contributed by atoms with Crippen molar-refractivity contribution in [2.45, 2.75) is 25.7 Å². The quantitative estimate of drug-likeness (QED) is 0.591. The van der Waals surface area contributed by atoms with Gasteiger partial charge in [-0.1, -0.05) is 48.0 Å². The minimum Gasteiger partial charge on any atom is -0.465 e. The van der Waals surface area contributed by atoms with Crippen LogP contribution in [0, 0.1) is 24.2 Å². The van der Waals surface area contributed by atoms with Gasteiger partial charge < -0.3 is 4.74 Å². The van der Waals surface area contributed by atoms with E-state index >= 15 is 0 Å². The fourth-order valence-electron chi connectivity index (χ4n) is 3.53. The summed E-state index contributed by atoms with van der Waals surface area (Å²) in [4.78, 5) is 39.9. The number of carbonyl (C=O) groups excluding carboxylic acids is 3. The molecule has 0 saturated carbocycles. The van der Waals surface area contributed by atoms with E-state index in [1.54, 1.807) is 61.5 Å². The first kappa shape index (κ1) is 19.3. The molecule has 2 aromatic carbocycles. The Morgan fingerprint density at radius 1 is 1.18 bits per heavy atom. The number of carbonyl (C=O) groups is 3. The second-order valence-electron chi connectivity index (χ2n) is 6.67. The minimum absolute atomic E-state index is 0.0611. The lowest BCUT2D eigenvalue weighted by molar-refractivity contribution is -0.151. The molecule has 0 N–H and O–H groups in total. The normalized spacial score (nSPS) is 18.5. The maximum atomic E-state index is 13.2. The number of esters is 1. The summed E-state index contributed by atoms with van der Waals surface area (Å²) in [5.41, 5.74) is -0.134. The Morgan fingerprint density at radius 3 is 2.39 bits per heavy atom. The number of rotatable bonds is 5. The lowest BCUT2D eigenvalue weighted by atomic mass is 9.70. The Labute approximate surface area is 163 Å². The van der Waals surface area contributed by atoms with Gasteiger partial charge in [-0.05, 0) is 31.5 Å². The highest BCUT2D eigenvalue weighted by atomic mass is 16.5. The van der Waals surface area contributed by atoms with Crippen molar-refractivity contribution < 1.29 is 19.1 Å². The molecule has 28 heavy (non-hydrogen) atoms. The average Bonchev–Trinajstić information content (AvgIpc) is 2.99. The van der Waals surface area contributed by atoms with Gasteiger partial charge in [0.25, 0.3) is 0 Å². The Hall–Kier alpha value is -3.46. The van der Waals surface area contributed by atoms with Crippen LogP contribution in [0.5, 0.6) is 0 Å². The number of benzene rings is 2. The molecule has 1 saturated heterocycles. The van der Waals surface area contributed by atoms with Gasteiger partial charge in [0.05, 0.1) is 24.3 Å². The zero-order valence-electron chi connectivity index (χ0n) is 15.7. The van der Waals surface area contributed by atoms with Crippen molar-refractivity contribution in [3.63, 3.8) is 0 Å². The van der Waals surface area contributed by atoms with E-state index in [9.17, 15) is 19.6 Å². The smallest absolute Gasteiger partial charge is 0.331 e. The Kier molecular flexibility index (Phi) is 5.27. The number of anilines is 1. The second kappa shape index (κ2) is 7.65. The third-order valence-electron chi connectivity index (χ3n) is 4.96. The molecule has 3 rings (SSSR count). The third kappa shape index (κ3) is 3.05. The summed E-state index contributed by atoms with van der Waals surface area (Å²) in [5.74, 6) is -3.00. The average molecular weight is 376 g/mol. The maximum Gasteiger partial charge on any atom is 0.331 e. The zero-order valence-corrected chi connectivity index (χ0v) is 15.7. The Bertz CT molecular complexity index is 947. The van der Waals surface area contributed by atoms with Crippen LogP contribution in [0.15, 0.2) is 54.6 Å². The molecule has 0 spiro atoms. The predicted octanol–water partition coefficient (Wildman–Crippen LogP) is 2.90. The molecule has 0 aromatic heterocycles. The first-order valence-corrected chi connectivity index (χ1v) is 9.03. The molecule has 2 amide bonds. The van der Waals surface area contributed by atoms with Gasteiger partial charge >= 0.3 is 5.97 Å². The summed E-state index contributed by atoms with van der Waals surface area (Å²) in [6.45, 7) is 3.59. The van der Waals surface area contributed by atoms with Crippen LogP contribution >= 0.6 is 0 Å². The van der Waals surface area contributed by atoms with Gasteiger partial charge in [-0.3, -0.25) is 14.5 Å². The van der Waals surface area contributed by atoms with Gasteiger partial charge in [-0.15, -0.1) is 0 Å². The van der Waals surface area contributed by atoms with Crippen LogP contribution in [0.2, 0.25) is 0 Å². The predicted molar refractivity (Wildman–Crippen MR) is 102 cm³/mol. The monoisotopic (exact) mass is 376 g/mol. The Balaban J connectivity index is 2.10. The van der Waals surface area contributed by atoms with E-state index in [4.69, 9.17) is 4.74 Å². The zero-order chi connectivity index (χ0) is 20.3. The molecule has 1 aliphatic heterocycles. The summed E-state index contributed by atoms with van der Waals surface area (Å²) in [7, 11) is 0. The molecule has 0 radical (unpaired) electrons. The van der Waals surface area contributed by atoms with E-state index in [1.807, 2.05) is 13.0 Å². The lowest BCUT2D eigenvalue weighted by Gasteiger charge is -2.29. The van der Waals surface area contributed by atoms with Gasteiger partial charge in [0, 0.05) is 6.42 Å². The van der Waals surface area contributed by atoms with E-state index in [2.05, 4.69) is 0 Å². The molecule has 0 aliphatic carbocycles. The molecular weight excluding hydrogens is 356 g/mol. The number of amides is 2. The van der Waals surface area contributed by atoms with Crippen molar-refractivity contribution in [2.24, 2.45) is 5.92 Å². The van der Waals surface area contributed by atoms with Crippen LogP contribution in [-0.2, 0) is 24.5 Å². The fraction of sp³-hybridized carbons (Fsp3) is 0.273. The topological polar surface area (TPSA) is 87.5 Å². The highest BCUT2D eigenvalue weighted by Gasteiger charge is 2.58. The van der Waals surface area contributed by atoms with E-state index < -0.39 is 29.1 Å². The van der Waals surface area contributed by atoms with Gasteiger partial charge in [0.2, 0.25) is 11.8 Å². The van der Waals surface area contributed by atoms with Crippen LogP contribution in [0.1, 0.15) is 24.5 Å². The molecule has 142 valence electrons. The standard InChI is InChI=1S/C22H20N2O4/c1-3-28-21(27)22(14-23,16-7-5-4-6-8-16)18-13-19(25)24(20(18)26)17-11-9-15(2)10-12-17/h4-12,18H,3,13H2,1-2H3/t18-,22+/m1/s1. The lowest BCUT2D eigenvalue weighted by Crippen LogP contribution is -2.47. The van der Waals surface area contributed by atoms with Gasteiger partial charge in [0.1, 0.15) is 0 Å². The number of aryl methyl sites for hydroxylation is 1. The van der Waals surface area contributed by atoms with Gasteiger partial charge in [0.15, 0.2) is 5.41 Å².